The molecule has 3 unspecified atom stereocenters. The maximum absolute atomic E-state index is 14.2. The monoisotopic (exact) mass is 516 g/mol. The topological polar surface area (TPSA) is 72.8 Å². The van der Waals surface area contributed by atoms with E-state index in [0.29, 0.717) is 0 Å². The van der Waals surface area contributed by atoms with Crippen molar-refractivity contribution in [1.82, 2.24) is 0 Å². The minimum atomic E-state index is -6.88. The van der Waals surface area contributed by atoms with Gasteiger partial charge < -0.3 is 0 Å². The summed E-state index contributed by atoms with van der Waals surface area (Å²) in [7, 11) is -6.88. The third-order valence-corrected chi connectivity index (χ3v) is 4.55. The van der Waals surface area contributed by atoms with Crippen LogP contribution >= 0.6 is 0 Å². The van der Waals surface area contributed by atoms with Crippen LogP contribution in [0.15, 0.2) is 0 Å². The fourth-order valence-corrected chi connectivity index (χ4v) is 2.19. The molecular formula is C12H13F13O5S. The van der Waals surface area contributed by atoms with Gasteiger partial charge in [-0.25, -0.2) is 17.6 Å². The van der Waals surface area contributed by atoms with E-state index in [-0.39, 0.29) is 0 Å². The number of hydrogen-bond acceptors (Lipinski definition) is 4. The molecule has 188 valence electrons. The lowest BCUT2D eigenvalue weighted by atomic mass is 9.98. The molecule has 0 aliphatic heterocycles. The fourth-order valence-electron chi connectivity index (χ4n) is 1.69. The summed E-state index contributed by atoms with van der Waals surface area (Å²) in [6.07, 6.45) is -6.70. The van der Waals surface area contributed by atoms with Gasteiger partial charge in [-0.3, -0.25) is 14.0 Å². The molecule has 0 aliphatic rings. The van der Waals surface area contributed by atoms with Crippen LogP contribution in [0.2, 0.25) is 0 Å². The second kappa shape index (κ2) is 7.47. The molecule has 0 saturated heterocycles. The van der Waals surface area contributed by atoms with Gasteiger partial charge in [0.05, 0.1) is 0 Å². The van der Waals surface area contributed by atoms with Crippen LogP contribution in [0.25, 0.3) is 0 Å². The van der Waals surface area contributed by atoms with Gasteiger partial charge in [-0.2, -0.15) is 47.9 Å². The smallest absolute Gasteiger partial charge is 0.296 e. The third-order valence-electron chi connectivity index (χ3n) is 3.54. The first-order valence-corrected chi connectivity index (χ1v) is 8.68. The summed E-state index contributed by atoms with van der Waals surface area (Å²) in [6, 6.07) is 0. The van der Waals surface area contributed by atoms with Gasteiger partial charge in [-0.1, -0.05) is 0 Å². The lowest BCUT2D eigenvalue weighted by Crippen LogP contribution is -2.68. The maximum atomic E-state index is 14.2. The van der Waals surface area contributed by atoms with Gasteiger partial charge in [0.15, 0.2) is 0 Å². The largest absolute Gasteiger partial charge is 0.426 e. The molecule has 0 radical (unpaired) electrons. The van der Waals surface area contributed by atoms with E-state index in [1.807, 2.05) is 0 Å². The maximum Gasteiger partial charge on any atom is 0.426 e. The normalized spacial score (nSPS) is 21.2. The Balaban J connectivity index is 6.47. The van der Waals surface area contributed by atoms with Crippen LogP contribution in [0.4, 0.5) is 57.1 Å². The fraction of sp³-hybridized carbons (Fsp3) is 1.00. The van der Waals surface area contributed by atoms with E-state index in [4.69, 9.17) is 4.55 Å². The third kappa shape index (κ3) is 4.97. The molecule has 0 aliphatic carbocycles. The number of alkyl halides is 13. The summed E-state index contributed by atoms with van der Waals surface area (Å²) in [5, 5.41) is -6.26. The molecule has 3 atom stereocenters. The summed E-state index contributed by atoms with van der Waals surface area (Å²) in [5.41, 5.74) is 0. The van der Waals surface area contributed by atoms with Gasteiger partial charge in [0.2, 0.25) is 0 Å². The molecule has 0 saturated carbocycles. The highest BCUT2D eigenvalue weighted by molar-refractivity contribution is 7.87. The zero-order chi connectivity index (χ0) is 25.9. The number of rotatable bonds is 10. The number of hydrogen-bond donors (Lipinski definition) is 1. The van der Waals surface area contributed by atoms with Crippen molar-refractivity contribution >= 4 is 10.1 Å². The van der Waals surface area contributed by atoms with Crippen molar-refractivity contribution in [3.05, 3.63) is 0 Å². The van der Waals surface area contributed by atoms with Gasteiger partial charge in [-0.05, 0) is 0 Å². The van der Waals surface area contributed by atoms with Crippen molar-refractivity contribution < 1.29 is 79.5 Å². The van der Waals surface area contributed by atoms with Gasteiger partial charge in [0.1, 0.15) is 0 Å². The van der Waals surface area contributed by atoms with Crippen LogP contribution in [0.1, 0.15) is 27.7 Å². The van der Waals surface area contributed by atoms with Gasteiger partial charge in [0.25, 0.3) is 5.85 Å². The lowest BCUT2D eigenvalue weighted by Gasteiger charge is -2.43. The van der Waals surface area contributed by atoms with Crippen molar-refractivity contribution in [2.75, 3.05) is 0 Å². The van der Waals surface area contributed by atoms with Gasteiger partial charge >= 0.3 is 51.0 Å². The van der Waals surface area contributed by atoms with Crippen molar-refractivity contribution in [1.29, 1.82) is 0 Å². The molecule has 0 aromatic heterocycles. The Labute approximate surface area is 165 Å². The SMILES string of the molecule is CC(F)(F)C(F)(F)C(F)(OC(F)(F)C(C)(F)OC(C)(F)C(F)(F)S(=O)(=O)O)C(C)(F)F. The average molecular weight is 516 g/mol. The predicted octanol–water partition coefficient (Wildman–Crippen LogP) is 5.08. The van der Waals surface area contributed by atoms with E-state index in [1.54, 1.807) is 0 Å². The molecule has 0 fully saturated rings. The summed E-state index contributed by atoms with van der Waals surface area (Å²) >= 11 is 0. The van der Waals surface area contributed by atoms with E-state index >= 15 is 0 Å². The summed E-state index contributed by atoms with van der Waals surface area (Å²) < 4.78 is 210. The minimum absolute atomic E-state index is 0.805. The highest BCUT2D eigenvalue weighted by atomic mass is 32.2. The summed E-state index contributed by atoms with van der Waals surface area (Å²) in [4.78, 5) is 0. The molecule has 0 heterocycles. The van der Waals surface area contributed by atoms with Crippen LogP contribution in [-0.2, 0) is 19.6 Å². The second-order valence-corrected chi connectivity index (χ2v) is 7.96. The standard InChI is InChI=1S/C12H13F13O5S/c1-5(13,14)9(19,20)10(21,6(2,15)16)30-11(22,23)7(3,17)29-8(4,18)12(24,25)31(26,27)28/h1-4H3,(H,26,27,28). The summed E-state index contributed by atoms with van der Waals surface area (Å²) in [6.45, 7) is -3.63. The Morgan fingerprint density at radius 3 is 1.23 bits per heavy atom. The molecule has 19 heteroatoms. The van der Waals surface area contributed by atoms with Crippen molar-refractivity contribution in [3.8, 4) is 0 Å². The first kappa shape index (κ1) is 29.9. The minimum Gasteiger partial charge on any atom is -0.296 e. The molecular weight excluding hydrogens is 503 g/mol. The highest BCUT2D eigenvalue weighted by Gasteiger charge is 2.81. The first-order chi connectivity index (χ1) is 12.9. The quantitative estimate of drug-likeness (QED) is 0.324. The van der Waals surface area contributed by atoms with Crippen LogP contribution < -0.4 is 0 Å². The summed E-state index contributed by atoms with van der Waals surface area (Å²) in [5.74, 6) is -36.7. The first-order valence-electron chi connectivity index (χ1n) is 7.24. The molecule has 0 rings (SSSR count). The molecule has 0 aromatic carbocycles. The van der Waals surface area contributed by atoms with Crippen LogP contribution in [0.3, 0.4) is 0 Å². The highest BCUT2D eigenvalue weighted by Crippen LogP contribution is 2.56. The van der Waals surface area contributed by atoms with E-state index in [1.165, 1.54) is 0 Å². The van der Waals surface area contributed by atoms with Gasteiger partial charge in [-0.15, -0.1) is 0 Å². The van der Waals surface area contributed by atoms with Crippen molar-refractivity contribution in [2.24, 2.45) is 0 Å². The molecule has 0 bridgehead atoms. The Morgan fingerprint density at radius 1 is 0.613 bits per heavy atom. The van der Waals surface area contributed by atoms with Gasteiger partial charge in [0, 0.05) is 27.7 Å². The average Bonchev–Trinajstić information content (AvgIpc) is 2.41. The Morgan fingerprint density at radius 2 is 0.968 bits per heavy atom. The van der Waals surface area contributed by atoms with E-state index in [0.717, 1.165) is 0 Å². The Kier molecular flexibility index (Phi) is 7.21. The molecule has 0 amide bonds. The number of ether oxygens (including phenoxy) is 2. The van der Waals surface area contributed by atoms with Crippen molar-refractivity contribution in [3.63, 3.8) is 0 Å². The van der Waals surface area contributed by atoms with Crippen LogP contribution in [0, 0.1) is 0 Å². The Bertz CT molecular complexity index is 769. The van der Waals surface area contributed by atoms with Crippen molar-refractivity contribution in [2.45, 2.75) is 74.4 Å². The predicted molar refractivity (Wildman–Crippen MR) is 72.7 cm³/mol. The molecule has 1 N–H and O–H groups in total. The molecule has 0 aromatic rings. The zero-order valence-corrected chi connectivity index (χ0v) is 16.2. The van der Waals surface area contributed by atoms with E-state index in [9.17, 15) is 65.5 Å². The zero-order valence-electron chi connectivity index (χ0n) is 15.4. The molecule has 0 spiro atoms. The van der Waals surface area contributed by atoms with E-state index in [2.05, 4.69) is 9.47 Å². The lowest BCUT2D eigenvalue weighted by molar-refractivity contribution is -0.503. The van der Waals surface area contributed by atoms with E-state index < -0.39 is 84.5 Å². The number of halogens is 13. The van der Waals surface area contributed by atoms with Crippen LogP contribution in [0.5, 0.6) is 0 Å². The molecule has 5 nitrogen and oxygen atoms in total. The molecule has 31 heavy (non-hydrogen) atoms. The Hall–Kier alpha value is -1.08. The van der Waals surface area contributed by atoms with Crippen LogP contribution in [-0.4, -0.2) is 59.7 Å². The second-order valence-electron chi connectivity index (χ2n) is 6.49.